The van der Waals surface area contributed by atoms with Crippen LogP contribution in [0.3, 0.4) is 0 Å². The van der Waals surface area contributed by atoms with Crippen LogP contribution in [0.2, 0.25) is 0 Å². The van der Waals surface area contributed by atoms with Gasteiger partial charge in [0.1, 0.15) is 11.5 Å². The van der Waals surface area contributed by atoms with Crippen molar-refractivity contribution >= 4 is 5.91 Å². The van der Waals surface area contributed by atoms with Crippen molar-refractivity contribution in [1.29, 1.82) is 0 Å². The molecule has 1 aromatic rings. The fourth-order valence-electron chi connectivity index (χ4n) is 1.31. The topological polar surface area (TPSA) is 67.8 Å². The predicted molar refractivity (Wildman–Crippen MR) is 63.5 cm³/mol. The summed E-state index contributed by atoms with van der Waals surface area (Å²) < 4.78 is 10.0. The van der Waals surface area contributed by atoms with E-state index in [-0.39, 0.29) is 17.2 Å². The summed E-state index contributed by atoms with van der Waals surface area (Å²) in [7, 11) is 1.50. The van der Waals surface area contributed by atoms with Gasteiger partial charge in [-0.15, -0.1) is 0 Å². The normalized spacial score (nSPS) is 10.0. The molecule has 2 N–H and O–H groups in total. The first kappa shape index (κ1) is 13.3. The molecule has 0 atom stereocenters. The number of hydrogen-bond donors (Lipinski definition) is 2. The van der Waals surface area contributed by atoms with E-state index in [1.54, 1.807) is 6.07 Å². The first-order chi connectivity index (χ1) is 8.19. The highest BCUT2D eigenvalue weighted by Crippen LogP contribution is 2.22. The molecule has 1 rings (SSSR count). The summed E-state index contributed by atoms with van der Waals surface area (Å²) >= 11 is 0. The highest BCUT2D eigenvalue weighted by Gasteiger charge is 2.11. The number of ether oxygens (including phenoxy) is 2. The van der Waals surface area contributed by atoms with Crippen molar-refractivity contribution in [2.24, 2.45) is 0 Å². The maximum atomic E-state index is 11.7. The number of rotatable bonds is 6. The third kappa shape index (κ3) is 3.96. The molecule has 0 fully saturated rings. The summed E-state index contributed by atoms with van der Waals surface area (Å²) in [6.45, 7) is 3.37. The average molecular weight is 239 g/mol. The summed E-state index contributed by atoms with van der Waals surface area (Å²) in [5.74, 6) is 0.0801. The molecule has 17 heavy (non-hydrogen) atoms. The monoisotopic (exact) mass is 239 g/mol. The van der Waals surface area contributed by atoms with E-state index in [9.17, 15) is 9.90 Å². The zero-order chi connectivity index (χ0) is 12.7. The van der Waals surface area contributed by atoms with Gasteiger partial charge in [-0.2, -0.15) is 0 Å². The first-order valence-electron chi connectivity index (χ1n) is 5.42. The number of carbonyl (C=O) groups excluding carboxylic acids is 1. The number of hydrogen-bond acceptors (Lipinski definition) is 4. The number of amides is 1. The zero-order valence-corrected chi connectivity index (χ0v) is 10.0. The zero-order valence-electron chi connectivity index (χ0n) is 10.0. The van der Waals surface area contributed by atoms with E-state index in [0.29, 0.717) is 25.5 Å². The Labute approximate surface area is 100 Å². The maximum absolute atomic E-state index is 11.7. The van der Waals surface area contributed by atoms with Gasteiger partial charge in [-0.3, -0.25) is 4.79 Å². The van der Waals surface area contributed by atoms with Crippen molar-refractivity contribution in [2.75, 3.05) is 26.9 Å². The van der Waals surface area contributed by atoms with Crippen LogP contribution in [-0.2, 0) is 4.74 Å². The highest BCUT2D eigenvalue weighted by molar-refractivity contribution is 5.96. The van der Waals surface area contributed by atoms with Gasteiger partial charge < -0.3 is 19.9 Å². The van der Waals surface area contributed by atoms with Gasteiger partial charge >= 0.3 is 0 Å². The number of methoxy groups -OCH3 is 1. The van der Waals surface area contributed by atoms with Gasteiger partial charge in [0, 0.05) is 19.2 Å². The Morgan fingerprint density at radius 2 is 2.24 bits per heavy atom. The largest absolute Gasteiger partial charge is 0.507 e. The van der Waals surface area contributed by atoms with Crippen molar-refractivity contribution in [3.8, 4) is 11.5 Å². The second-order valence-corrected chi connectivity index (χ2v) is 3.34. The Bertz CT molecular complexity index is 379. The predicted octanol–water partition coefficient (Wildman–Crippen LogP) is 1.17. The summed E-state index contributed by atoms with van der Waals surface area (Å²) in [6.07, 6.45) is 0. The molecule has 94 valence electrons. The van der Waals surface area contributed by atoms with Gasteiger partial charge in [0.25, 0.3) is 5.91 Å². The smallest absolute Gasteiger partial charge is 0.255 e. The molecule has 0 radical (unpaired) electrons. The third-order valence-corrected chi connectivity index (χ3v) is 2.19. The van der Waals surface area contributed by atoms with E-state index in [4.69, 9.17) is 9.47 Å². The molecule has 5 nitrogen and oxygen atoms in total. The molecule has 0 saturated heterocycles. The van der Waals surface area contributed by atoms with Gasteiger partial charge in [-0.05, 0) is 19.1 Å². The standard InChI is InChI=1S/C12H17NO4/c1-3-17-7-6-13-12(15)10-5-4-9(16-2)8-11(10)14/h4-5,8,14H,3,6-7H2,1-2H3,(H,13,15). The van der Waals surface area contributed by atoms with Gasteiger partial charge in [0.05, 0.1) is 19.3 Å². The van der Waals surface area contributed by atoms with Crippen molar-refractivity contribution in [2.45, 2.75) is 6.92 Å². The minimum Gasteiger partial charge on any atom is -0.507 e. The molecule has 0 spiro atoms. The molecular formula is C12H17NO4. The first-order valence-corrected chi connectivity index (χ1v) is 5.42. The Balaban J connectivity index is 2.57. The lowest BCUT2D eigenvalue weighted by molar-refractivity contribution is 0.0920. The molecule has 0 unspecified atom stereocenters. The van der Waals surface area contributed by atoms with Crippen molar-refractivity contribution < 1.29 is 19.4 Å². The van der Waals surface area contributed by atoms with Crippen LogP contribution in [0.1, 0.15) is 17.3 Å². The van der Waals surface area contributed by atoms with Crippen LogP contribution in [0.4, 0.5) is 0 Å². The fourth-order valence-corrected chi connectivity index (χ4v) is 1.31. The molecule has 0 aliphatic rings. The summed E-state index contributed by atoms with van der Waals surface area (Å²) in [5, 5.41) is 12.3. The van der Waals surface area contributed by atoms with Crippen LogP contribution in [0, 0.1) is 0 Å². The molecule has 0 bridgehead atoms. The Hall–Kier alpha value is -1.75. The summed E-state index contributed by atoms with van der Waals surface area (Å²) in [6, 6.07) is 4.54. The molecule has 0 aliphatic heterocycles. The van der Waals surface area contributed by atoms with Crippen LogP contribution in [0.25, 0.3) is 0 Å². The minimum absolute atomic E-state index is 0.0988. The number of benzene rings is 1. The van der Waals surface area contributed by atoms with E-state index in [1.165, 1.54) is 19.2 Å². The Morgan fingerprint density at radius 3 is 2.82 bits per heavy atom. The lowest BCUT2D eigenvalue weighted by Crippen LogP contribution is -2.27. The Morgan fingerprint density at radius 1 is 1.47 bits per heavy atom. The minimum atomic E-state index is -0.329. The quantitative estimate of drug-likeness (QED) is 0.731. The van der Waals surface area contributed by atoms with E-state index >= 15 is 0 Å². The van der Waals surface area contributed by atoms with Crippen LogP contribution in [0.5, 0.6) is 11.5 Å². The Kier molecular flexibility index (Phi) is 5.29. The second-order valence-electron chi connectivity index (χ2n) is 3.34. The van der Waals surface area contributed by atoms with E-state index in [1.807, 2.05) is 6.92 Å². The third-order valence-electron chi connectivity index (χ3n) is 2.19. The number of phenolic OH excluding ortho intramolecular Hbond substituents is 1. The molecule has 0 aliphatic carbocycles. The van der Waals surface area contributed by atoms with Crippen molar-refractivity contribution in [3.05, 3.63) is 23.8 Å². The SMILES string of the molecule is CCOCCNC(=O)c1ccc(OC)cc1O. The molecular weight excluding hydrogens is 222 g/mol. The van der Waals surface area contributed by atoms with E-state index in [0.717, 1.165) is 0 Å². The van der Waals surface area contributed by atoms with E-state index in [2.05, 4.69) is 5.32 Å². The molecule has 5 heteroatoms. The summed E-state index contributed by atoms with van der Waals surface area (Å²) in [5.41, 5.74) is 0.224. The molecule has 0 saturated carbocycles. The van der Waals surface area contributed by atoms with Crippen molar-refractivity contribution in [1.82, 2.24) is 5.32 Å². The number of phenols is 1. The van der Waals surface area contributed by atoms with Crippen LogP contribution >= 0.6 is 0 Å². The van der Waals surface area contributed by atoms with E-state index < -0.39 is 0 Å². The lowest BCUT2D eigenvalue weighted by Gasteiger charge is -2.08. The van der Waals surface area contributed by atoms with Gasteiger partial charge in [-0.25, -0.2) is 0 Å². The maximum Gasteiger partial charge on any atom is 0.255 e. The van der Waals surface area contributed by atoms with Gasteiger partial charge in [0.2, 0.25) is 0 Å². The highest BCUT2D eigenvalue weighted by atomic mass is 16.5. The molecule has 0 aromatic heterocycles. The van der Waals surface area contributed by atoms with Crippen LogP contribution in [-0.4, -0.2) is 37.9 Å². The van der Waals surface area contributed by atoms with Crippen molar-refractivity contribution in [3.63, 3.8) is 0 Å². The lowest BCUT2D eigenvalue weighted by atomic mass is 10.2. The summed E-state index contributed by atoms with van der Waals surface area (Å²) in [4.78, 5) is 11.7. The fraction of sp³-hybridized carbons (Fsp3) is 0.417. The average Bonchev–Trinajstić information content (AvgIpc) is 2.34. The molecule has 1 aromatic carbocycles. The van der Waals surface area contributed by atoms with Gasteiger partial charge in [0.15, 0.2) is 0 Å². The van der Waals surface area contributed by atoms with Crippen LogP contribution in [0.15, 0.2) is 18.2 Å². The number of aromatic hydroxyl groups is 1. The van der Waals surface area contributed by atoms with Gasteiger partial charge in [-0.1, -0.05) is 0 Å². The second kappa shape index (κ2) is 6.75. The number of nitrogens with one attached hydrogen (secondary N) is 1. The molecule has 0 heterocycles. The van der Waals surface area contributed by atoms with Crippen LogP contribution < -0.4 is 10.1 Å². The molecule has 1 amide bonds. The number of carbonyl (C=O) groups is 1.